The second-order valence-electron chi connectivity index (χ2n) is 13.5. The minimum Gasteiger partial charge on any atom is -0.456 e. The summed E-state index contributed by atoms with van der Waals surface area (Å²) >= 11 is 0. The van der Waals surface area contributed by atoms with Gasteiger partial charge in [-0.15, -0.1) is 16.4 Å². The highest BCUT2D eigenvalue weighted by Crippen LogP contribution is 2.39. The Morgan fingerprint density at radius 3 is 1.80 bits per heavy atom. The highest BCUT2D eigenvalue weighted by Gasteiger charge is 2.21. The summed E-state index contributed by atoms with van der Waals surface area (Å²) in [5.74, 6) is 1.03. The van der Waals surface area contributed by atoms with Crippen molar-refractivity contribution in [1.82, 2.24) is 19.5 Å². The molecule has 0 spiro atoms. The average molecular weight is 690 g/mol. The van der Waals surface area contributed by atoms with E-state index < -0.39 is 0 Å². The standard InChI is InChI=1S/C45H23B5N4O/c46-38-37(39(47)41(49)42(50)40(38)48)45-52-43(25-12-5-2-6-13-25)51-44(53-45)31-15-9-17-34-36(31)30-21-19-27(23-35(30)55-34)54-32-16-8-7-14-28(32)29-20-18-26(22-33(29)54)24-10-3-1-4-11-24/h1-23H. The van der Waals surface area contributed by atoms with Crippen LogP contribution in [0, 0.1) is 0 Å². The molecule has 3 aromatic heterocycles. The smallest absolute Gasteiger partial charge is 0.164 e. The van der Waals surface area contributed by atoms with Crippen LogP contribution in [-0.2, 0) is 0 Å². The molecular weight excluding hydrogens is 667 g/mol. The molecule has 0 aliphatic heterocycles. The number of benzene rings is 7. The largest absolute Gasteiger partial charge is 0.456 e. The molecule has 3 heterocycles. The van der Waals surface area contributed by atoms with E-state index in [9.17, 15) is 0 Å². The normalized spacial score (nSPS) is 11.6. The van der Waals surface area contributed by atoms with E-state index >= 15 is 0 Å². The summed E-state index contributed by atoms with van der Waals surface area (Å²) in [4.78, 5) is 14.7. The second-order valence-corrected chi connectivity index (χ2v) is 13.5. The van der Waals surface area contributed by atoms with Crippen LogP contribution in [0.2, 0.25) is 0 Å². The van der Waals surface area contributed by atoms with Gasteiger partial charge in [0.25, 0.3) is 0 Å². The van der Waals surface area contributed by atoms with E-state index in [-0.39, 0.29) is 33.1 Å². The molecule has 10 aromatic rings. The number of rotatable bonds is 5. The van der Waals surface area contributed by atoms with Crippen molar-refractivity contribution >= 4 is 110 Å². The monoisotopic (exact) mass is 690 g/mol. The van der Waals surface area contributed by atoms with E-state index in [0.717, 1.165) is 55.3 Å². The maximum absolute atomic E-state index is 6.61. The predicted octanol–water partition coefficient (Wildman–Crippen LogP) is 5.51. The number of furan rings is 1. The van der Waals surface area contributed by atoms with Crippen molar-refractivity contribution in [2.75, 3.05) is 0 Å². The van der Waals surface area contributed by atoms with E-state index in [0.29, 0.717) is 22.8 Å². The van der Waals surface area contributed by atoms with Crippen LogP contribution in [0.1, 0.15) is 0 Å². The van der Waals surface area contributed by atoms with Gasteiger partial charge in [-0.05, 0) is 41.5 Å². The molecule has 0 unspecified atom stereocenters. The highest BCUT2D eigenvalue weighted by molar-refractivity contribution is 6.68. The number of hydrogen-bond acceptors (Lipinski definition) is 4. The van der Waals surface area contributed by atoms with Crippen molar-refractivity contribution < 1.29 is 4.42 Å². The third-order valence-corrected chi connectivity index (χ3v) is 10.4. The van der Waals surface area contributed by atoms with Gasteiger partial charge in [-0.2, -0.15) is 0 Å². The Labute approximate surface area is 323 Å². The predicted molar refractivity (Wildman–Crippen MR) is 230 cm³/mol. The minimum atomic E-state index is 0.114. The molecule has 10 radical (unpaired) electrons. The minimum absolute atomic E-state index is 0.114. The molecular formula is C45H23B5N4O. The first-order chi connectivity index (χ1) is 26.9. The van der Waals surface area contributed by atoms with Gasteiger partial charge in [0.2, 0.25) is 0 Å². The molecule has 0 aliphatic carbocycles. The van der Waals surface area contributed by atoms with Gasteiger partial charge in [0.05, 0.1) is 11.0 Å². The number of para-hydroxylation sites is 1. The van der Waals surface area contributed by atoms with E-state index in [2.05, 4.69) is 89.5 Å². The Balaban J connectivity index is 1.18. The number of nitrogens with zero attached hydrogens (tertiary/aromatic N) is 4. The van der Waals surface area contributed by atoms with Gasteiger partial charge in [-0.25, -0.2) is 15.0 Å². The lowest BCUT2D eigenvalue weighted by Crippen LogP contribution is -2.55. The van der Waals surface area contributed by atoms with Crippen LogP contribution in [0.4, 0.5) is 0 Å². The molecule has 0 atom stereocenters. The Hall–Kier alpha value is -6.53. The molecule has 0 saturated carbocycles. The van der Waals surface area contributed by atoms with Gasteiger partial charge < -0.3 is 8.98 Å². The third kappa shape index (κ3) is 5.27. The number of aromatic nitrogens is 4. The van der Waals surface area contributed by atoms with Crippen LogP contribution in [0.25, 0.3) is 94.7 Å². The summed E-state index contributed by atoms with van der Waals surface area (Å²) in [5, 5.41) is 4.11. The molecule has 0 saturated heterocycles. The first kappa shape index (κ1) is 33.1. The lowest BCUT2D eigenvalue weighted by Gasteiger charge is -2.20. The topological polar surface area (TPSA) is 56.7 Å². The zero-order valence-corrected chi connectivity index (χ0v) is 29.4. The quantitative estimate of drug-likeness (QED) is 0.224. The maximum Gasteiger partial charge on any atom is 0.164 e. The maximum atomic E-state index is 6.61. The second kappa shape index (κ2) is 12.8. The van der Waals surface area contributed by atoms with Gasteiger partial charge in [0.15, 0.2) is 17.5 Å². The molecule has 55 heavy (non-hydrogen) atoms. The molecule has 0 N–H and O–H groups in total. The Morgan fingerprint density at radius 2 is 1.04 bits per heavy atom. The fourth-order valence-corrected chi connectivity index (χ4v) is 7.61. The summed E-state index contributed by atoms with van der Waals surface area (Å²) in [5.41, 5.74) is 9.31. The van der Waals surface area contributed by atoms with Gasteiger partial charge in [-0.1, -0.05) is 114 Å². The summed E-state index contributed by atoms with van der Waals surface area (Å²) in [6.45, 7) is 0. The Kier molecular flexibility index (Phi) is 7.70. The van der Waals surface area contributed by atoms with E-state index in [4.69, 9.17) is 58.6 Å². The van der Waals surface area contributed by atoms with Crippen LogP contribution in [0.3, 0.4) is 0 Å². The summed E-state index contributed by atoms with van der Waals surface area (Å²) in [6.07, 6.45) is 0. The van der Waals surface area contributed by atoms with Crippen molar-refractivity contribution in [3.63, 3.8) is 0 Å². The van der Waals surface area contributed by atoms with Crippen molar-refractivity contribution in [2.24, 2.45) is 0 Å². The lowest BCUT2D eigenvalue weighted by molar-refractivity contribution is 0.668. The summed E-state index contributed by atoms with van der Waals surface area (Å²) in [6, 6.07) is 47.3. The van der Waals surface area contributed by atoms with Crippen molar-refractivity contribution in [1.29, 1.82) is 0 Å². The molecule has 0 bridgehead atoms. The average Bonchev–Trinajstić information content (AvgIpc) is 3.78. The highest BCUT2D eigenvalue weighted by atomic mass is 16.3. The fourth-order valence-electron chi connectivity index (χ4n) is 7.61. The van der Waals surface area contributed by atoms with Crippen molar-refractivity contribution in [2.45, 2.75) is 0 Å². The molecule has 0 amide bonds. The van der Waals surface area contributed by atoms with Gasteiger partial charge >= 0.3 is 0 Å². The molecule has 244 valence electrons. The zero-order chi connectivity index (χ0) is 37.4. The summed E-state index contributed by atoms with van der Waals surface area (Å²) in [7, 11) is 31.7. The van der Waals surface area contributed by atoms with Gasteiger partial charge in [-0.3, -0.25) is 0 Å². The third-order valence-electron chi connectivity index (χ3n) is 10.4. The molecule has 7 aromatic carbocycles. The first-order valence-electron chi connectivity index (χ1n) is 17.7. The molecule has 10 rings (SSSR count). The molecule has 5 nitrogen and oxygen atoms in total. The van der Waals surface area contributed by atoms with Crippen LogP contribution >= 0.6 is 0 Å². The van der Waals surface area contributed by atoms with E-state index in [1.807, 2.05) is 54.6 Å². The summed E-state index contributed by atoms with van der Waals surface area (Å²) < 4.78 is 8.91. The van der Waals surface area contributed by atoms with E-state index in [1.54, 1.807) is 0 Å². The zero-order valence-electron chi connectivity index (χ0n) is 29.4. The van der Waals surface area contributed by atoms with Gasteiger partial charge in [0, 0.05) is 50.0 Å². The van der Waals surface area contributed by atoms with E-state index in [1.165, 1.54) is 10.8 Å². The molecule has 10 heteroatoms. The SMILES string of the molecule is [B]c1c([B])c([B])c(-c2nc(-c3ccccc3)nc(-c3cccc4oc5cc(-n6c7ccccc7c7ccc(-c8ccccc8)cc76)ccc5c34)n2)c([B])c1[B]. The fraction of sp³-hybridized carbons (Fsp3) is 0. The Bertz CT molecular complexity index is 3130. The van der Waals surface area contributed by atoms with Crippen LogP contribution in [0.15, 0.2) is 144 Å². The van der Waals surface area contributed by atoms with Crippen LogP contribution in [-0.4, -0.2) is 58.8 Å². The van der Waals surface area contributed by atoms with Crippen molar-refractivity contribution in [3.8, 4) is 51.0 Å². The Morgan fingerprint density at radius 1 is 0.418 bits per heavy atom. The number of hydrogen-bond donors (Lipinski definition) is 0. The van der Waals surface area contributed by atoms with Crippen LogP contribution < -0.4 is 27.3 Å². The number of fused-ring (bicyclic) bond motifs is 6. The van der Waals surface area contributed by atoms with Gasteiger partial charge in [0.1, 0.15) is 50.4 Å². The molecule has 0 aliphatic rings. The lowest BCUT2D eigenvalue weighted by atomic mass is 9.60. The van der Waals surface area contributed by atoms with Crippen LogP contribution in [0.5, 0.6) is 0 Å². The first-order valence-corrected chi connectivity index (χ1v) is 17.7. The molecule has 0 fully saturated rings. The van der Waals surface area contributed by atoms with Crippen molar-refractivity contribution in [3.05, 3.63) is 140 Å².